The van der Waals surface area contributed by atoms with Gasteiger partial charge < -0.3 is 28.6 Å². The van der Waals surface area contributed by atoms with Crippen molar-refractivity contribution in [2.45, 2.75) is 25.9 Å². The van der Waals surface area contributed by atoms with Crippen LogP contribution in [0.1, 0.15) is 24.0 Å². The minimum Gasteiger partial charge on any atom is -0.497 e. The average molecular weight is 598 g/mol. The number of unbranched alkanes of at least 4 members (excludes halogenated alkanes) is 1. The van der Waals surface area contributed by atoms with Gasteiger partial charge in [-0.1, -0.05) is 0 Å². The van der Waals surface area contributed by atoms with Crippen molar-refractivity contribution in [2.24, 2.45) is 7.05 Å². The molecule has 0 spiro atoms. The van der Waals surface area contributed by atoms with Gasteiger partial charge in [-0.25, -0.2) is 13.8 Å². The number of pyridine rings is 2. The second-order valence-electron chi connectivity index (χ2n) is 9.43. The molecule has 1 N–H and O–H groups in total. The minimum absolute atomic E-state index is 0.0199. The second-order valence-corrected chi connectivity index (χ2v) is 9.43. The molecule has 0 aliphatic carbocycles. The molecule has 0 atom stereocenters. The highest BCUT2D eigenvalue weighted by Crippen LogP contribution is 2.40. The number of halogens is 2. The van der Waals surface area contributed by atoms with E-state index in [1.807, 2.05) is 0 Å². The number of hydrogen-bond donors (Lipinski definition) is 1. The van der Waals surface area contributed by atoms with E-state index in [4.69, 9.17) is 24.1 Å². The summed E-state index contributed by atoms with van der Waals surface area (Å²) in [6, 6.07) is 9.22. The zero-order valence-electron chi connectivity index (χ0n) is 23.6. The van der Waals surface area contributed by atoms with Gasteiger partial charge in [0.25, 0.3) is 11.2 Å². The lowest BCUT2D eigenvalue weighted by Gasteiger charge is -2.17. The Hall–Kier alpha value is -5.04. The normalized spacial score (nSPS) is 10.8. The smallest absolute Gasteiger partial charge is 0.288 e. The van der Waals surface area contributed by atoms with Gasteiger partial charge in [-0.2, -0.15) is 0 Å². The van der Waals surface area contributed by atoms with Crippen LogP contribution < -0.4 is 24.5 Å². The van der Waals surface area contributed by atoms with Crippen LogP contribution in [0, 0.1) is 21.7 Å². The molecule has 13 heteroatoms. The van der Waals surface area contributed by atoms with Crippen LogP contribution >= 0.6 is 0 Å². The molecular formula is C30H29F2N3O8. The van der Waals surface area contributed by atoms with Crippen LogP contribution in [0.5, 0.6) is 28.9 Å². The summed E-state index contributed by atoms with van der Waals surface area (Å²) in [5.74, 6) is -1.33. The highest BCUT2D eigenvalue weighted by Gasteiger charge is 2.23. The fraction of sp³-hybridized carbons (Fsp3) is 0.267. The van der Waals surface area contributed by atoms with Gasteiger partial charge in [-0.15, -0.1) is 0 Å². The van der Waals surface area contributed by atoms with Crippen molar-refractivity contribution < 1.29 is 37.8 Å². The van der Waals surface area contributed by atoms with Gasteiger partial charge >= 0.3 is 0 Å². The number of hydrogen-bond acceptors (Lipinski definition) is 9. The maximum absolute atomic E-state index is 15.0. The standard InChI is InChI=1S/C30H29F2N3O8/c1-34-16-24(27(14-28(34)37)42-17-19-7-8-22(40-2)13-26(19)41-3)23-12-21(35(38)39)15-33-30(23)43-29-18(6-4-5-9-36)10-20(31)11-25(29)32/h7-8,10-16,36H,4-6,9,17H2,1-3H3. The molecule has 0 aliphatic rings. The van der Waals surface area contributed by atoms with Gasteiger partial charge in [0.05, 0.1) is 24.7 Å². The predicted molar refractivity (Wildman–Crippen MR) is 152 cm³/mol. The maximum Gasteiger partial charge on any atom is 0.288 e. The maximum atomic E-state index is 15.0. The van der Waals surface area contributed by atoms with Crippen molar-refractivity contribution in [2.75, 3.05) is 20.8 Å². The number of aryl methyl sites for hydroxylation is 2. The number of aliphatic hydroxyl groups is 1. The summed E-state index contributed by atoms with van der Waals surface area (Å²) in [6.45, 7) is -0.159. The van der Waals surface area contributed by atoms with Crippen LogP contribution in [0.3, 0.4) is 0 Å². The number of methoxy groups -OCH3 is 2. The molecule has 0 radical (unpaired) electrons. The van der Waals surface area contributed by atoms with E-state index in [0.29, 0.717) is 36.0 Å². The first kappa shape index (κ1) is 30.9. The molecule has 0 bridgehead atoms. The fourth-order valence-corrected chi connectivity index (χ4v) is 4.31. The Balaban J connectivity index is 1.81. The number of ether oxygens (including phenoxy) is 4. The first-order valence-electron chi connectivity index (χ1n) is 13.1. The molecule has 0 unspecified atom stereocenters. The molecule has 226 valence electrons. The van der Waals surface area contributed by atoms with Gasteiger partial charge in [0.2, 0.25) is 5.88 Å². The van der Waals surface area contributed by atoms with E-state index < -0.39 is 27.8 Å². The third kappa shape index (κ3) is 7.25. The summed E-state index contributed by atoms with van der Waals surface area (Å²) in [7, 11) is 4.47. The van der Waals surface area contributed by atoms with Gasteiger partial charge in [-0.3, -0.25) is 14.9 Å². The molecule has 0 saturated heterocycles. The largest absolute Gasteiger partial charge is 0.497 e. The monoisotopic (exact) mass is 597 g/mol. The number of rotatable bonds is 13. The van der Waals surface area contributed by atoms with E-state index in [0.717, 1.165) is 18.3 Å². The van der Waals surface area contributed by atoms with Crippen LogP contribution in [-0.4, -0.2) is 40.4 Å². The minimum atomic E-state index is -1.01. The second kappa shape index (κ2) is 13.7. The zero-order valence-corrected chi connectivity index (χ0v) is 23.6. The molecule has 11 nitrogen and oxygen atoms in total. The van der Waals surface area contributed by atoms with Crippen LogP contribution in [0.2, 0.25) is 0 Å². The predicted octanol–water partition coefficient (Wildman–Crippen LogP) is 5.34. The van der Waals surface area contributed by atoms with Crippen LogP contribution in [-0.2, 0) is 20.1 Å². The van der Waals surface area contributed by atoms with Gasteiger partial charge in [0, 0.05) is 60.8 Å². The first-order chi connectivity index (χ1) is 20.6. The quantitative estimate of drug-likeness (QED) is 0.123. The molecular weight excluding hydrogens is 568 g/mol. The Morgan fingerprint density at radius 3 is 2.49 bits per heavy atom. The van der Waals surface area contributed by atoms with Crippen molar-refractivity contribution in [1.82, 2.24) is 9.55 Å². The van der Waals surface area contributed by atoms with Crippen LogP contribution in [0.4, 0.5) is 14.5 Å². The third-order valence-electron chi connectivity index (χ3n) is 6.54. The summed E-state index contributed by atoms with van der Waals surface area (Å²) in [6.07, 6.45) is 3.33. The molecule has 4 rings (SSSR count). The molecule has 2 aromatic heterocycles. The molecule has 0 saturated carbocycles. The van der Waals surface area contributed by atoms with Crippen molar-refractivity contribution >= 4 is 5.69 Å². The Morgan fingerprint density at radius 1 is 1.00 bits per heavy atom. The summed E-state index contributed by atoms with van der Waals surface area (Å²) >= 11 is 0. The van der Waals surface area contributed by atoms with Gasteiger partial charge in [-0.05, 0) is 37.5 Å². The number of nitro groups is 1. The summed E-state index contributed by atoms with van der Waals surface area (Å²) in [5.41, 5.74) is 0.167. The van der Waals surface area contributed by atoms with Gasteiger partial charge in [0.1, 0.15) is 35.9 Å². The average Bonchev–Trinajstić information content (AvgIpc) is 2.99. The lowest BCUT2D eigenvalue weighted by atomic mass is 10.1. The zero-order chi connectivity index (χ0) is 31.1. The van der Waals surface area contributed by atoms with E-state index in [2.05, 4.69) is 4.98 Å². The van der Waals surface area contributed by atoms with Gasteiger partial charge in [0.15, 0.2) is 11.6 Å². The molecule has 0 aliphatic heterocycles. The Kier molecular flexibility index (Phi) is 9.88. The molecule has 2 heterocycles. The molecule has 2 aromatic carbocycles. The van der Waals surface area contributed by atoms with Crippen molar-refractivity contribution in [1.29, 1.82) is 0 Å². The topological polar surface area (TPSA) is 135 Å². The van der Waals surface area contributed by atoms with E-state index in [1.54, 1.807) is 18.2 Å². The summed E-state index contributed by atoms with van der Waals surface area (Å²) in [5, 5.41) is 20.8. The number of aliphatic hydroxyl groups excluding tert-OH is 1. The van der Waals surface area contributed by atoms with E-state index in [-0.39, 0.29) is 53.7 Å². The van der Waals surface area contributed by atoms with Crippen LogP contribution in [0.25, 0.3) is 11.1 Å². The Morgan fingerprint density at radius 2 is 1.79 bits per heavy atom. The SMILES string of the molecule is COc1ccc(COc2cc(=O)n(C)cc2-c2cc([N+](=O)[O-])cnc2Oc2c(F)cc(F)cc2CCCCO)c(OC)c1. The van der Waals surface area contributed by atoms with Crippen molar-refractivity contribution in [3.05, 3.63) is 98.1 Å². The fourth-order valence-electron chi connectivity index (χ4n) is 4.31. The molecule has 0 fully saturated rings. The highest BCUT2D eigenvalue weighted by molar-refractivity contribution is 5.76. The highest BCUT2D eigenvalue weighted by atomic mass is 19.1. The molecule has 4 aromatic rings. The third-order valence-corrected chi connectivity index (χ3v) is 6.54. The number of aromatic nitrogens is 2. The lowest BCUT2D eigenvalue weighted by Crippen LogP contribution is -2.16. The van der Waals surface area contributed by atoms with E-state index in [9.17, 15) is 19.3 Å². The van der Waals surface area contributed by atoms with E-state index >= 15 is 4.39 Å². The summed E-state index contributed by atoms with van der Waals surface area (Å²) < 4.78 is 52.9. The number of nitrogens with zero attached hydrogens (tertiary/aromatic N) is 3. The Labute approximate surface area is 245 Å². The molecule has 43 heavy (non-hydrogen) atoms. The molecule has 0 amide bonds. The Bertz CT molecular complexity index is 1690. The van der Waals surface area contributed by atoms with Crippen LogP contribution in [0.15, 0.2) is 59.7 Å². The number of benzene rings is 2. The van der Waals surface area contributed by atoms with E-state index in [1.165, 1.54) is 38.1 Å². The van der Waals surface area contributed by atoms with Crippen molar-refractivity contribution in [3.8, 4) is 40.0 Å². The lowest BCUT2D eigenvalue weighted by molar-refractivity contribution is -0.385. The van der Waals surface area contributed by atoms with Crippen molar-refractivity contribution in [3.63, 3.8) is 0 Å². The summed E-state index contributed by atoms with van der Waals surface area (Å²) in [4.78, 5) is 27.7. The first-order valence-corrected chi connectivity index (χ1v) is 13.1.